The highest BCUT2D eigenvalue weighted by Gasteiger charge is 2.15. The van der Waals surface area contributed by atoms with Gasteiger partial charge in [0.2, 0.25) is 0 Å². The molecule has 0 aliphatic carbocycles. The number of hydrogen-bond acceptors (Lipinski definition) is 3. The van der Waals surface area contributed by atoms with E-state index >= 15 is 0 Å². The maximum atomic E-state index is 12.4. The Balaban J connectivity index is 1.59. The molecule has 0 spiro atoms. The zero-order valence-electron chi connectivity index (χ0n) is 17.5. The lowest BCUT2D eigenvalue weighted by Crippen LogP contribution is -2.40. The van der Waals surface area contributed by atoms with Crippen molar-refractivity contribution in [3.05, 3.63) is 83.7 Å². The van der Waals surface area contributed by atoms with Gasteiger partial charge in [0.1, 0.15) is 0 Å². The third-order valence-electron chi connectivity index (χ3n) is 4.32. The number of nitrogens with one attached hydrogen (secondary N) is 3. The van der Waals surface area contributed by atoms with Gasteiger partial charge < -0.3 is 16.0 Å². The molecule has 3 N–H and O–H groups in total. The third-order valence-corrected chi connectivity index (χ3v) is 4.32. The van der Waals surface area contributed by atoms with Gasteiger partial charge in [0.25, 0.3) is 5.91 Å². The molecule has 3 amide bonds. The smallest absolute Gasteiger partial charge is 0.319 e. The highest BCUT2D eigenvalue weighted by Crippen LogP contribution is 2.13. The van der Waals surface area contributed by atoms with Crippen LogP contribution in [0.2, 0.25) is 0 Å². The van der Waals surface area contributed by atoms with Gasteiger partial charge in [0.05, 0.1) is 6.54 Å². The van der Waals surface area contributed by atoms with E-state index in [1.54, 1.807) is 30.5 Å². The summed E-state index contributed by atoms with van der Waals surface area (Å²) in [6.07, 6.45) is 3.64. The van der Waals surface area contributed by atoms with Gasteiger partial charge >= 0.3 is 6.03 Å². The molecule has 0 aliphatic rings. The first-order chi connectivity index (χ1) is 14.3. The van der Waals surface area contributed by atoms with E-state index in [1.165, 1.54) is 0 Å². The van der Waals surface area contributed by atoms with E-state index in [1.807, 2.05) is 62.0 Å². The van der Waals surface area contributed by atoms with E-state index in [9.17, 15) is 9.59 Å². The van der Waals surface area contributed by atoms with Gasteiger partial charge in [-0.25, -0.2) is 4.79 Å². The summed E-state index contributed by atoms with van der Waals surface area (Å²) in [6, 6.07) is 16.3. The summed E-state index contributed by atoms with van der Waals surface area (Å²) in [6.45, 7) is 6.78. The minimum Gasteiger partial charge on any atom is -0.347 e. The zero-order valence-corrected chi connectivity index (χ0v) is 17.5. The summed E-state index contributed by atoms with van der Waals surface area (Å²) < 4.78 is 1.84. The SMILES string of the molecule is CC(C)(C)NC(=O)c1cccc(NC(=O)NCc2ccccc2Cn2cccn2)c1. The molecule has 0 radical (unpaired) electrons. The third kappa shape index (κ3) is 6.20. The van der Waals surface area contributed by atoms with Crippen LogP contribution >= 0.6 is 0 Å². The van der Waals surface area contributed by atoms with Gasteiger partial charge in [-0.05, 0) is 56.2 Å². The summed E-state index contributed by atoms with van der Waals surface area (Å²) in [5, 5.41) is 12.8. The molecule has 0 aliphatic heterocycles. The highest BCUT2D eigenvalue weighted by atomic mass is 16.2. The van der Waals surface area contributed by atoms with Gasteiger partial charge in [0.15, 0.2) is 0 Å². The number of carbonyl (C=O) groups excluding carboxylic acids is 2. The van der Waals surface area contributed by atoms with Crippen LogP contribution in [0.3, 0.4) is 0 Å². The lowest BCUT2D eigenvalue weighted by Gasteiger charge is -2.20. The average Bonchev–Trinajstić information content (AvgIpc) is 3.19. The standard InChI is InChI=1S/C23H27N5O2/c1-23(2,3)27-21(29)17-10-6-11-20(14-17)26-22(30)24-15-18-8-4-5-9-19(18)16-28-13-7-12-25-28/h4-14H,15-16H2,1-3H3,(H,27,29)(H2,24,26,30). The summed E-state index contributed by atoms with van der Waals surface area (Å²) in [5.74, 6) is -0.181. The van der Waals surface area contributed by atoms with Crippen LogP contribution in [0.15, 0.2) is 67.0 Å². The zero-order chi connectivity index (χ0) is 21.6. The number of aromatic nitrogens is 2. The number of urea groups is 1. The van der Waals surface area contributed by atoms with Crippen molar-refractivity contribution in [2.24, 2.45) is 0 Å². The monoisotopic (exact) mass is 405 g/mol. The molecule has 0 fully saturated rings. The average molecular weight is 406 g/mol. The van der Waals surface area contributed by atoms with Crippen LogP contribution in [0.1, 0.15) is 42.3 Å². The quantitative estimate of drug-likeness (QED) is 0.583. The van der Waals surface area contributed by atoms with Crippen molar-refractivity contribution in [3.63, 3.8) is 0 Å². The van der Waals surface area contributed by atoms with Crippen molar-refractivity contribution >= 4 is 17.6 Å². The second kappa shape index (κ2) is 9.26. The Morgan fingerprint density at radius 2 is 1.77 bits per heavy atom. The number of rotatable bonds is 6. The second-order valence-electron chi connectivity index (χ2n) is 8.06. The topological polar surface area (TPSA) is 88.0 Å². The molecule has 7 nitrogen and oxygen atoms in total. The van der Waals surface area contributed by atoms with Gasteiger partial charge in [-0.1, -0.05) is 30.3 Å². The van der Waals surface area contributed by atoms with E-state index in [-0.39, 0.29) is 17.5 Å². The molecule has 0 atom stereocenters. The van der Waals surface area contributed by atoms with Crippen LogP contribution in [0.25, 0.3) is 0 Å². The van der Waals surface area contributed by atoms with E-state index in [4.69, 9.17) is 0 Å². The fraction of sp³-hybridized carbons (Fsp3) is 0.261. The maximum Gasteiger partial charge on any atom is 0.319 e. The van der Waals surface area contributed by atoms with E-state index in [2.05, 4.69) is 21.0 Å². The van der Waals surface area contributed by atoms with Crippen molar-refractivity contribution in [1.82, 2.24) is 20.4 Å². The molecule has 156 valence electrons. The van der Waals surface area contributed by atoms with Crippen molar-refractivity contribution in [1.29, 1.82) is 0 Å². The van der Waals surface area contributed by atoms with Gasteiger partial charge in [-0.15, -0.1) is 0 Å². The summed E-state index contributed by atoms with van der Waals surface area (Å²) in [7, 11) is 0. The molecular formula is C23H27N5O2. The first-order valence-electron chi connectivity index (χ1n) is 9.82. The van der Waals surface area contributed by atoms with Crippen molar-refractivity contribution in [2.45, 2.75) is 39.4 Å². The van der Waals surface area contributed by atoms with Crippen LogP contribution < -0.4 is 16.0 Å². The molecule has 0 saturated carbocycles. The fourth-order valence-corrected chi connectivity index (χ4v) is 2.95. The molecule has 2 aromatic carbocycles. The predicted molar refractivity (Wildman–Crippen MR) is 117 cm³/mol. The molecule has 7 heteroatoms. The Bertz CT molecular complexity index is 1010. The van der Waals surface area contributed by atoms with Gasteiger partial charge in [0, 0.05) is 35.7 Å². The molecule has 0 bridgehead atoms. The van der Waals surface area contributed by atoms with Crippen LogP contribution in [0.4, 0.5) is 10.5 Å². The van der Waals surface area contributed by atoms with Gasteiger partial charge in [-0.3, -0.25) is 9.48 Å². The Labute approximate surface area is 176 Å². The van der Waals surface area contributed by atoms with Crippen molar-refractivity contribution < 1.29 is 9.59 Å². The number of hydrogen-bond donors (Lipinski definition) is 3. The molecule has 3 rings (SSSR count). The van der Waals surface area contributed by atoms with Crippen LogP contribution in [-0.2, 0) is 13.1 Å². The molecule has 30 heavy (non-hydrogen) atoms. The van der Waals surface area contributed by atoms with E-state index in [0.29, 0.717) is 24.3 Å². The second-order valence-corrected chi connectivity index (χ2v) is 8.06. The molecule has 1 heterocycles. The number of benzene rings is 2. The number of amides is 3. The molecule has 0 saturated heterocycles. The van der Waals surface area contributed by atoms with Crippen LogP contribution in [0, 0.1) is 0 Å². The normalized spacial score (nSPS) is 11.0. The molecule has 1 aromatic heterocycles. The minimum atomic E-state index is -0.336. The van der Waals surface area contributed by atoms with Crippen molar-refractivity contribution in [3.8, 4) is 0 Å². The van der Waals surface area contributed by atoms with E-state index in [0.717, 1.165) is 11.1 Å². The molecular weight excluding hydrogens is 378 g/mol. The van der Waals surface area contributed by atoms with Crippen molar-refractivity contribution in [2.75, 3.05) is 5.32 Å². The molecule has 0 unspecified atom stereocenters. The number of nitrogens with zero attached hydrogens (tertiary/aromatic N) is 2. The van der Waals surface area contributed by atoms with E-state index < -0.39 is 0 Å². The first-order valence-corrected chi connectivity index (χ1v) is 9.82. The minimum absolute atomic E-state index is 0.181. The number of anilines is 1. The lowest BCUT2D eigenvalue weighted by molar-refractivity contribution is 0.0919. The Morgan fingerprint density at radius 3 is 2.47 bits per heavy atom. The predicted octanol–water partition coefficient (Wildman–Crippen LogP) is 3.78. The lowest BCUT2D eigenvalue weighted by atomic mass is 10.1. The summed E-state index contributed by atoms with van der Waals surface area (Å²) in [5.41, 5.74) is 2.82. The fourth-order valence-electron chi connectivity index (χ4n) is 2.95. The summed E-state index contributed by atoms with van der Waals surface area (Å²) >= 11 is 0. The van der Waals surface area contributed by atoms with Crippen LogP contribution in [0.5, 0.6) is 0 Å². The Morgan fingerprint density at radius 1 is 1.00 bits per heavy atom. The summed E-state index contributed by atoms with van der Waals surface area (Å²) in [4.78, 5) is 24.7. The highest BCUT2D eigenvalue weighted by molar-refractivity contribution is 5.97. The molecule has 3 aromatic rings. The largest absolute Gasteiger partial charge is 0.347 e. The van der Waals surface area contributed by atoms with Gasteiger partial charge in [-0.2, -0.15) is 5.10 Å². The number of carbonyl (C=O) groups is 2. The maximum absolute atomic E-state index is 12.4. The van der Waals surface area contributed by atoms with Crippen LogP contribution in [-0.4, -0.2) is 27.3 Å². The Hall–Kier alpha value is -3.61. The Kier molecular flexibility index (Phi) is 6.51. The first kappa shape index (κ1) is 21.1.